The monoisotopic (exact) mass is 500 g/mol. The fourth-order valence-electron chi connectivity index (χ4n) is 4.12. The molecule has 0 spiro atoms. The average molecular weight is 501 g/mol. The van der Waals surface area contributed by atoms with Crippen molar-refractivity contribution in [1.29, 1.82) is 0 Å². The van der Waals surface area contributed by atoms with Crippen molar-refractivity contribution in [1.82, 2.24) is 9.88 Å². The Morgan fingerprint density at radius 3 is 2.77 bits per heavy atom. The molecule has 0 saturated carbocycles. The molecule has 4 rings (SSSR count). The van der Waals surface area contributed by atoms with Crippen LogP contribution in [0.4, 0.5) is 24.0 Å². The largest absolute Gasteiger partial charge is 0.382 e. The quantitative estimate of drug-likeness (QED) is 0.602. The van der Waals surface area contributed by atoms with E-state index in [0.29, 0.717) is 13.0 Å². The number of anilines is 2. The third-order valence-corrected chi connectivity index (χ3v) is 8.20. The minimum Gasteiger partial charge on any atom is -0.382 e. The lowest BCUT2D eigenvalue weighted by Gasteiger charge is -2.32. The van der Waals surface area contributed by atoms with Crippen LogP contribution in [-0.4, -0.2) is 49.4 Å². The molecule has 1 aromatic heterocycles. The second-order valence-electron chi connectivity index (χ2n) is 7.47. The fraction of sp³-hybridized carbons (Fsp3) is 0.471. The van der Waals surface area contributed by atoms with Crippen LogP contribution in [-0.2, 0) is 10.0 Å². The van der Waals surface area contributed by atoms with Crippen LogP contribution in [0.15, 0.2) is 23.2 Å². The normalized spacial score (nSPS) is 23.5. The molecule has 0 amide bonds. The van der Waals surface area contributed by atoms with Gasteiger partial charge >= 0.3 is 0 Å². The lowest BCUT2D eigenvalue weighted by Crippen LogP contribution is -2.44. The molecular weight excluding hydrogens is 484 g/mol. The highest BCUT2D eigenvalue weighted by atomic mass is 35.5. The summed E-state index contributed by atoms with van der Waals surface area (Å²) in [7, 11) is -4.29. The molecule has 2 aliphatic heterocycles. The Morgan fingerprint density at radius 1 is 1.30 bits per heavy atom. The highest BCUT2D eigenvalue weighted by Gasteiger charge is 2.56. The predicted octanol–water partition coefficient (Wildman–Crippen LogP) is 4.68. The van der Waals surface area contributed by atoms with E-state index in [1.54, 1.807) is 4.90 Å². The summed E-state index contributed by atoms with van der Waals surface area (Å²) < 4.78 is 69.8. The molecule has 2 aromatic rings. The second kappa shape index (κ2) is 7.70. The third-order valence-electron chi connectivity index (χ3n) is 5.37. The van der Waals surface area contributed by atoms with Crippen LogP contribution in [0, 0.1) is 5.82 Å². The van der Waals surface area contributed by atoms with E-state index >= 15 is 0 Å². The number of hydrogen-bond donors (Lipinski definition) is 2. The van der Waals surface area contributed by atoms with E-state index in [1.165, 1.54) is 6.20 Å². The highest BCUT2D eigenvalue weighted by Crippen LogP contribution is 2.46. The van der Waals surface area contributed by atoms with Gasteiger partial charge in [-0.3, -0.25) is 9.62 Å². The van der Waals surface area contributed by atoms with Gasteiger partial charge in [0.25, 0.3) is 15.9 Å². The van der Waals surface area contributed by atoms with Gasteiger partial charge < -0.3 is 5.32 Å². The van der Waals surface area contributed by atoms with Gasteiger partial charge in [0.2, 0.25) is 0 Å². The van der Waals surface area contributed by atoms with Gasteiger partial charge in [0.1, 0.15) is 15.0 Å². The van der Waals surface area contributed by atoms with E-state index in [1.807, 2.05) is 0 Å². The van der Waals surface area contributed by atoms with Gasteiger partial charge in [0, 0.05) is 18.5 Å². The zero-order chi connectivity index (χ0) is 21.7. The van der Waals surface area contributed by atoms with Crippen molar-refractivity contribution in [3.8, 4) is 0 Å². The van der Waals surface area contributed by atoms with Gasteiger partial charge in [-0.1, -0.05) is 34.5 Å². The molecule has 164 valence electrons. The van der Waals surface area contributed by atoms with Crippen molar-refractivity contribution >= 4 is 55.4 Å². The minimum absolute atomic E-state index is 0.0136. The van der Waals surface area contributed by atoms with Crippen LogP contribution < -0.4 is 10.0 Å². The fourth-order valence-corrected chi connectivity index (χ4v) is 6.56. The average Bonchev–Trinajstić information content (AvgIpc) is 3.26. The number of halogens is 5. The Bertz CT molecular complexity index is 1080. The Labute approximate surface area is 185 Å². The van der Waals surface area contributed by atoms with Gasteiger partial charge in [-0.15, -0.1) is 0 Å². The summed E-state index contributed by atoms with van der Waals surface area (Å²) in [4.78, 5) is 4.87. The van der Waals surface area contributed by atoms with Gasteiger partial charge in [-0.05, 0) is 31.5 Å². The third kappa shape index (κ3) is 4.22. The minimum atomic E-state index is -4.29. The Hall–Kier alpha value is -1.27. The maximum Gasteiger partial charge on any atom is 0.266 e. The van der Waals surface area contributed by atoms with Crippen LogP contribution in [0.5, 0.6) is 0 Å². The highest BCUT2D eigenvalue weighted by molar-refractivity contribution is 7.93. The Morgan fingerprint density at radius 2 is 2.07 bits per heavy atom. The first kappa shape index (κ1) is 21.9. The number of sulfonamides is 1. The molecule has 2 saturated heterocycles. The lowest BCUT2D eigenvalue weighted by atomic mass is 9.93. The van der Waals surface area contributed by atoms with Crippen LogP contribution in [0.2, 0.25) is 9.36 Å². The first-order valence-electron chi connectivity index (χ1n) is 9.00. The van der Waals surface area contributed by atoms with E-state index in [0.717, 1.165) is 29.9 Å². The number of nitrogens with one attached hydrogen (secondary N) is 2. The van der Waals surface area contributed by atoms with E-state index in [9.17, 15) is 21.6 Å². The van der Waals surface area contributed by atoms with Crippen molar-refractivity contribution in [2.75, 3.05) is 29.7 Å². The molecule has 0 bridgehead atoms. The molecular formula is C17H17Cl2F3N4O2S2. The predicted molar refractivity (Wildman–Crippen MR) is 111 cm³/mol. The van der Waals surface area contributed by atoms with Gasteiger partial charge in [-0.2, -0.15) is 0 Å². The maximum absolute atomic E-state index is 14.6. The van der Waals surface area contributed by atoms with Crippen molar-refractivity contribution in [3.63, 3.8) is 0 Å². The summed E-state index contributed by atoms with van der Waals surface area (Å²) in [5.41, 5.74) is -0.582. The van der Waals surface area contributed by atoms with Crippen molar-refractivity contribution in [3.05, 3.63) is 33.5 Å². The number of nitrogens with zero attached hydrogens (tertiary/aromatic N) is 2. The van der Waals surface area contributed by atoms with Gasteiger partial charge in [-0.25, -0.2) is 26.6 Å². The number of alkyl halides is 2. The van der Waals surface area contributed by atoms with Crippen LogP contribution >= 0.6 is 34.5 Å². The number of fused-ring (bicyclic) bond motifs is 1. The molecule has 1 unspecified atom stereocenters. The number of benzene rings is 1. The van der Waals surface area contributed by atoms with Crippen molar-refractivity contribution in [2.24, 2.45) is 0 Å². The Balaban J connectivity index is 1.53. The van der Waals surface area contributed by atoms with Crippen LogP contribution in [0.3, 0.4) is 0 Å². The molecule has 1 aromatic carbocycles. The molecule has 0 aliphatic carbocycles. The molecule has 6 nitrogen and oxygen atoms in total. The molecule has 2 N–H and O–H groups in total. The second-order valence-corrected chi connectivity index (χ2v) is 11.2. The SMILES string of the molecule is O=S(=O)(Nc1ncc(Cl)s1)c1cc(Cl)c(NCC23CCCN2CC(F)(F)C3)cc1F. The number of aromatic nitrogens is 1. The van der Waals surface area contributed by atoms with E-state index < -0.39 is 32.2 Å². The van der Waals surface area contributed by atoms with Gasteiger partial charge in [0.05, 0.1) is 23.5 Å². The molecule has 13 heteroatoms. The first-order chi connectivity index (χ1) is 14.0. The van der Waals surface area contributed by atoms with Gasteiger partial charge in [0.15, 0.2) is 5.13 Å². The first-order valence-corrected chi connectivity index (χ1v) is 12.1. The zero-order valence-corrected chi connectivity index (χ0v) is 18.5. The lowest BCUT2D eigenvalue weighted by molar-refractivity contribution is 0.00976. The zero-order valence-electron chi connectivity index (χ0n) is 15.4. The van der Waals surface area contributed by atoms with E-state index in [-0.39, 0.29) is 39.7 Å². The molecule has 2 aliphatic rings. The molecule has 3 heterocycles. The molecule has 1 atom stereocenters. The van der Waals surface area contributed by atoms with Crippen LogP contribution in [0.1, 0.15) is 19.3 Å². The summed E-state index contributed by atoms with van der Waals surface area (Å²) in [6, 6.07) is 1.93. The van der Waals surface area contributed by atoms with Crippen LogP contribution in [0.25, 0.3) is 0 Å². The summed E-state index contributed by atoms with van der Waals surface area (Å²) in [5.74, 6) is -3.80. The number of thiazole rings is 1. The maximum atomic E-state index is 14.6. The molecule has 2 fully saturated rings. The number of rotatable bonds is 6. The summed E-state index contributed by atoms with van der Waals surface area (Å²) in [5, 5.41) is 2.88. The smallest absolute Gasteiger partial charge is 0.266 e. The summed E-state index contributed by atoms with van der Waals surface area (Å²) >= 11 is 12.8. The standard InChI is InChI=1S/C17H17Cl2F3N4O2S2/c18-10-4-13(30(27,28)25-15-23-6-14(19)29-15)11(20)5-12(10)24-8-16-2-1-3-26(16)9-17(21,22)7-16/h4-6,24H,1-3,7-9H2,(H,23,25). The topological polar surface area (TPSA) is 74.3 Å². The van der Waals surface area contributed by atoms with E-state index in [2.05, 4.69) is 15.0 Å². The summed E-state index contributed by atoms with van der Waals surface area (Å²) in [6.07, 6.45) is 2.39. The molecule has 30 heavy (non-hydrogen) atoms. The Kier molecular flexibility index (Phi) is 5.63. The molecule has 0 radical (unpaired) electrons. The number of hydrogen-bond acceptors (Lipinski definition) is 6. The van der Waals surface area contributed by atoms with E-state index in [4.69, 9.17) is 23.2 Å². The summed E-state index contributed by atoms with van der Waals surface area (Å²) in [6.45, 7) is 0.451. The van der Waals surface area contributed by atoms with Crippen molar-refractivity contribution in [2.45, 2.75) is 35.6 Å². The van der Waals surface area contributed by atoms with Crippen molar-refractivity contribution < 1.29 is 21.6 Å².